The van der Waals surface area contributed by atoms with Gasteiger partial charge in [0.05, 0.1) is 11.5 Å². The van der Waals surface area contributed by atoms with Gasteiger partial charge in [-0.2, -0.15) is 11.3 Å². The fourth-order valence-corrected chi connectivity index (χ4v) is 2.59. The third-order valence-electron chi connectivity index (χ3n) is 2.86. The summed E-state index contributed by atoms with van der Waals surface area (Å²) < 4.78 is 0. The minimum atomic E-state index is -0.457. The lowest BCUT2D eigenvalue weighted by molar-refractivity contribution is -0.384. The van der Waals surface area contributed by atoms with E-state index in [2.05, 4.69) is 5.38 Å². The van der Waals surface area contributed by atoms with E-state index >= 15 is 0 Å². The third kappa shape index (κ3) is 3.10. The fraction of sp³-hybridized carbons (Fsp3) is 0.231. The second kappa shape index (κ2) is 5.81. The molecule has 2 aromatic rings. The Morgan fingerprint density at radius 2 is 2.21 bits per heavy atom. The Morgan fingerprint density at radius 1 is 1.42 bits per heavy atom. The molecule has 0 bridgehead atoms. The first-order valence-electron chi connectivity index (χ1n) is 5.72. The van der Waals surface area contributed by atoms with E-state index in [1.165, 1.54) is 17.7 Å². The highest BCUT2D eigenvalue weighted by Gasteiger charge is 2.13. The first kappa shape index (κ1) is 13.5. The zero-order valence-corrected chi connectivity index (χ0v) is 11.3. The largest absolute Gasteiger partial charge is 0.392 e. The Labute approximate surface area is 114 Å². The van der Waals surface area contributed by atoms with Gasteiger partial charge in [-0.1, -0.05) is 0 Å². The lowest BCUT2D eigenvalue weighted by atomic mass is 10.1. The number of nitro groups is 1. The van der Waals surface area contributed by atoms with Crippen molar-refractivity contribution in [3.8, 4) is 0 Å². The fourth-order valence-electron chi connectivity index (χ4n) is 1.93. The Hall–Kier alpha value is -1.92. The first-order valence-corrected chi connectivity index (χ1v) is 6.66. The highest BCUT2D eigenvalue weighted by molar-refractivity contribution is 7.07. The molecule has 0 atom stereocenters. The van der Waals surface area contributed by atoms with Crippen LogP contribution in [0.15, 0.2) is 35.0 Å². The van der Waals surface area contributed by atoms with Gasteiger partial charge in [-0.3, -0.25) is 10.1 Å². The standard InChI is InChI=1S/C13H14N2O3S/c1-14(7-10-4-5-19-9-10)13-3-2-12(15(17)18)6-11(13)8-16/h2-6,9,16H,7-8H2,1H3. The van der Waals surface area contributed by atoms with E-state index in [0.29, 0.717) is 12.1 Å². The summed E-state index contributed by atoms with van der Waals surface area (Å²) >= 11 is 1.63. The summed E-state index contributed by atoms with van der Waals surface area (Å²) in [5.41, 5.74) is 2.54. The molecule has 0 spiro atoms. The summed E-state index contributed by atoms with van der Waals surface area (Å²) in [6, 6.07) is 6.58. The summed E-state index contributed by atoms with van der Waals surface area (Å²) in [5, 5.41) is 24.1. The maximum absolute atomic E-state index is 10.7. The van der Waals surface area contributed by atoms with Crippen LogP contribution in [-0.2, 0) is 13.2 Å². The second-order valence-corrected chi connectivity index (χ2v) is 5.00. The van der Waals surface area contributed by atoms with Crippen LogP contribution in [0, 0.1) is 10.1 Å². The number of anilines is 1. The van der Waals surface area contributed by atoms with Crippen LogP contribution in [0.2, 0.25) is 0 Å². The van der Waals surface area contributed by atoms with Gasteiger partial charge >= 0.3 is 0 Å². The minimum absolute atomic E-state index is 0.00302. The third-order valence-corrected chi connectivity index (χ3v) is 3.59. The number of non-ortho nitro benzene ring substituents is 1. The number of hydrogen-bond donors (Lipinski definition) is 1. The van der Waals surface area contributed by atoms with E-state index in [1.807, 2.05) is 23.4 Å². The number of aliphatic hydroxyl groups excluding tert-OH is 1. The van der Waals surface area contributed by atoms with E-state index < -0.39 is 4.92 Å². The Morgan fingerprint density at radius 3 is 2.79 bits per heavy atom. The molecule has 6 heteroatoms. The number of nitrogens with zero attached hydrogens (tertiary/aromatic N) is 2. The minimum Gasteiger partial charge on any atom is -0.392 e. The van der Waals surface area contributed by atoms with Gasteiger partial charge in [-0.05, 0) is 28.5 Å². The molecule has 19 heavy (non-hydrogen) atoms. The van der Waals surface area contributed by atoms with E-state index in [1.54, 1.807) is 17.4 Å². The van der Waals surface area contributed by atoms with Gasteiger partial charge in [0.25, 0.3) is 5.69 Å². The highest BCUT2D eigenvalue weighted by Crippen LogP contribution is 2.26. The molecule has 1 aromatic carbocycles. The average molecular weight is 278 g/mol. The molecular weight excluding hydrogens is 264 g/mol. The highest BCUT2D eigenvalue weighted by atomic mass is 32.1. The number of hydrogen-bond acceptors (Lipinski definition) is 5. The first-order chi connectivity index (χ1) is 9.11. The molecular formula is C13H14N2O3S. The molecule has 1 N–H and O–H groups in total. The van der Waals surface area contributed by atoms with E-state index in [4.69, 9.17) is 0 Å². The van der Waals surface area contributed by atoms with Crippen LogP contribution in [0.4, 0.5) is 11.4 Å². The summed E-state index contributed by atoms with van der Waals surface area (Å²) in [6.45, 7) is 0.485. The average Bonchev–Trinajstić information content (AvgIpc) is 2.90. The molecule has 0 aliphatic carbocycles. The van der Waals surface area contributed by atoms with E-state index in [9.17, 15) is 15.2 Å². The van der Waals surface area contributed by atoms with Crippen molar-refractivity contribution in [1.82, 2.24) is 0 Å². The molecule has 0 amide bonds. The molecule has 0 fully saturated rings. The van der Waals surface area contributed by atoms with E-state index in [-0.39, 0.29) is 12.3 Å². The molecule has 0 radical (unpaired) electrons. The van der Waals surface area contributed by atoms with Crippen LogP contribution in [-0.4, -0.2) is 17.1 Å². The monoisotopic (exact) mass is 278 g/mol. The SMILES string of the molecule is CN(Cc1ccsc1)c1ccc([N+](=O)[O-])cc1CO. The lowest BCUT2D eigenvalue weighted by Crippen LogP contribution is -2.17. The molecule has 0 saturated carbocycles. The van der Waals surface area contributed by atoms with Crippen LogP contribution in [0.5, 0.6) is 0 Å². The molecule has 0 unspecified atom stereocenters. The number of rotatable bonds is 5. The molecule has 0 aliphatic rings. The summed E-state index contributed by atoms with van der Waals surface area (Å²) in [5.74, 6) is 0. The van der Waals surface area contributed by atoms with Gasteiger partial charge in [0.2, 0.25) is 0 Å². The Balaban J connectivity index is 2.25. The van der Waals surface area contributed by atoms with Crippen molar-refractivity contribution in [3.05, 3.63) is 56.3 Å². The zero-order chi connectivity index (χ0) is 13.8. The van der Waals surface area contributed by atoms with Gasteiger partial charge in [-0.15, -0.1) is 0 Å². The molecule has 1 heterocycles. The van der Waals surface area contributed by atoms with Crippen LogP contribution >= 0.6 is 11.3 Å². The molecule has 1 aromatic heterocycles. The second-order valence-electron chi connectivity index (χ2n) is 4.22. The normalized spacial score (nSPS) is 10.4. The predicted molar refractivity (Wildman–Crippen MR) is 75.4 cm³/mol. The van der Waals surface area contributed by atoms with Crippen molar-refractivity contribution in [3.63, 3.8) is 0 Å². The topological polar surface area (TPSA) is 66.6 Å². The van der Waals surface area contributed by atoms with Gasteiger partial charge in [0.1, 0.15) is 0 Å². The van der Waals surface area contributed by atoms with Gasteiger partial charge in [0, 0.05) is 37.0 Å². The number of nitro benzene ring substituents is 1. The Kier molecular flexibility index (Phi) is 4.13. The van der Waals surface area contributed by atoms with Crippen molar-refractivity contribution in [2.75, 3.05) is 11.9 Å². The van der Waals surface area contributed by atoms with Gasteiger partial charge in [0.15, 0.2) is 0 Å². The molecule has 5 nitrogen and oxygen atoms in total. The summed E-state index contributed by atoms with van der Waals surface area (Å²) in [4.78, 5) is 12.2. The van der Waals surface area contributed by atoms with Crippen LogP contribution < -0.4 is 4.90 Å². The summed E-state index contributed by atoms with van der Waals surface area (Å²) in [6.07, 6.45) is 0. The van der Waals surface area contributed by atoms with Crippen LogP contribution in [0.3, 0.4) is 0 Å². The predicted octanol–water partition coefficient (Wildman–Crippen LogP) is 2.79. The van der Waals surface area contributed by atoms with Gasteiger partial charge < -0.3 is 10.0 Å². The van der Waals surface area contributed by atoms with Crippen LogP contribution in [0.1, 0.15) is 11.1 Å². The van der Waals surface area contributed by atoms with Crippen LogP contribution in [0.25, 0.3) is 0 Å². The maximum atomic E-state index is 10.7. The molecule has 2 rings (SSSR count). The summed E-state index contributed by atoms with van der Waals surface area (Å²) in [7, 11) is 1.90. The quantitative estimate of drug-likeness (QED) is 0.674. The van der Waals surface area contributed by atoms with Crippen molar-refractivity contribution >= 4 is 22.7 Å². The Bertz CT molecular complexity index is 569. The molecule has 0 aliphatic heterocycles. The number of aliphatic hydroxyl groups is 1. The number of benzene rings is 1. The maximum Gasteiger partial charge on any atom is 0.269 e. The number of thiophene rings is 1. The molecule has 0 saturated heterocycles. The van der Waals surface area contributed by atoms with Crippen molar-refractivity contribution in [2.45, 2.75) is 13.2 Å². The van der Waals surface area contributed by atoms with Crippen molar-refractivity contribution < 1.29 is 10.0 Å². The van der Waals surface area contributed by atoms with Gasteiger partial charge in [-0.25, -0.2) is 0 Å². The smallest absolute Gasteiger partial charge is 0.269 e. The lowest BCUT2D eigenvalue weighted by Gasteiger charge is -2.21. The van der Waals surface area contributed by atoms with E-state index in [0.717, 1.165) is 5.69 Å². The van der Waals surface area contributed by atoms with Crippen molar-refractivity contribution in [2.24, 2.45) is 0 Å². The zero-order valence-electron chi connectivity index (χ0n) is 10.4. The van der Waals surface area contributed by atoms with Crippen molar-refractivity contribution in [1.29, 1.82) is 0 Å². The molecule has 100 valence electrons.